The lowest BCUT2D eigenvalue weighted by Crippen LogP contribution is -2.40. The van der Waals surface area contributed by atoms with Gasteiger partial charge in [0.15, 0.2) is 5.37 Å². The molecule has 152 valence electrons. The number of sulfone groups is 1. The Morgan fingerprint density at radius 3 is 2.54 bits per heavy atom. The molecule has 0 aliphatic heterocycles. The predicted molar refractivity (Wildman–Crippen MR) is 104 cm³/mol. The van der Waals surface area contributed by atoms with Gasteiger partial charge in [0.1, 0.15) is 18.0 Å². The average Bonchev–Trinajstić information content (AvgIpc) is 3.12. The minimum absolute atomic E-state index is 0.0253. The van der Waals surface area contributed by atoms with E-state index in [0.29, 0.717) is 0 Å². The Labute approximate surface area is 166 Å². The second-order valence-electron chi connectivity index (χ2n) is 6.81. The third kappa shape index (κ3) is 5.27. The number of rotatable bonds is 6. The highest BCUT2D eigenvalue weighted by Gasteiger charge is 2.30. The fraction of sp³-hybridized carbons (Fsp3) is 0.353. The number of nitrogens with two attached hydrogens (primary N) is 1. The summed E-state index contributed by atoms with van der Waals surface area (Å²) in [5.74, 6) is -1.36. The molecule has 0 aliphatic carbocycles. The topological polar surface area (TPSA) is 140 Å². The smallest absolute Gasteiger partial charge is 0.416 e. The molecule has 2 heterocycles. The van der Waals surface area contributed by atoms with Gasteiger partial charge in [0.25, 0.3) is 0 Å². The number of amides is 1. The maximum atomic E-state index is 12.6. The van der Waals surface area contributed by atoms with Crippen LogP contribution in [0.4, 0.5) is 10.6 Å². The zero-order valence-corrected chi connectivity index (χ0v) is 17.2. The molecule has 1 unspecified atom stereocenters. The van der Waals surface area contributed by atoms with E-state index in [1.165, 1.54) is 41.0 Å². The van der Waals surface area contributed by atoms with Gasteiger partial charge in [0.05, 0.1) is 10.6 Å². The molecule has 0 bridgehead atoms. The number of aliphatic carboxylic acids is 1. The van der Waals surface area contributed by atoms with Crippen molar-refractivity contribution < 1.29 is 27.9 Å². The fourth-order valence-corrected chi connectivity index (χ4v) is 4.47. The summed E-state index contributed by atoms with van der Waals surface area (Å²) >= 11 is 1.21. The Morgan fingerprint density at radius 2 is 2.00 bits per heavy atom. The van der Waals surface area contributed by atoms with Gasteiger partial charge in [-0.2, -0.15) is 11.3 Å². The van der Waals surface area contributed by atoms with Crippen molar-refractivity contribution >= 4 is 39.1 Å². The number of carboxylic acids is 1. The molecule has 11 heteroatoms. The van der Waals surface area contributed by atoms with E-state index in [9.17, 15) is 18.0 Å². The van der Waals surface area contributed by atoms with E-state index in [-0.39, 0.29) is 16.4 Å². The van der Waals surface area contributed by atoms with Crippen LogP contribution in [0.1, 0.15) is 31.8 Å². The predicted octanol–water partition coefficient (Wildman–Crippen LogP) is 2.40. The molecule has 0 saturated carbocycles. The maximum Gasteiger partial charge on any atom is 0.416 e. The summed E-state index contributed by atoms with van der Waals surface area (Å²) < 4.78 is 30.5. The van der Waals surface area contributed by atoms with Crippen molar-refractivity contribution in [3.63, 3.8) is 0 Å². The van der Waals surface area contributed by atoms with E-state index in [1.807, 2.05) is 0 Å². The van der Waals surface area contributed by atoms with E-state index in [0.717, 1.165) is 4.90 Å². The quantitative estimate of drug-likeness (QED) is 0.716. The molecule has 0 radical (unpaired) electrons. The van der Waals surface area contributed by atoms with Crippen LogP contribution >= 0.6 is 11.3 Å². The van der Waals surface area contributed by atoms with Crippen LogP contribution in [0, 0.1) is 0 Å². The third-order valence-corrected chi connectivity index (χ3v) is 6.04. The molecule has 2 aromatic rings. The Balaban J connectivity index is 2.40. The minimum Gasteiger partial charge on any atom is -0.480 e. The van der Waals surface area contributed by atoms with Crippen LogP contribution in [0.25, 0.3) is 0 Å². The standard InChI is InChI=1S/C17H21N3O6S2/c1-17(2,3)26-16(23)20(9-14(21)22)13-6-4-5-12(19-13)15(18)28(24,25)11-7-8-27-10-11/h4-8,10,15H,9,18H2,1-3H3,(H,21,22). The molecular formula is C17H21N3O6S2. The zero-order chi connectivity index (χ0) is 21.1. The molecule has 3 N–H and O–H groups in total. The minimum atomic E-state index is -3.89. The lowest BCUT2D eigenvalue weighted by Gasteiger charge is -2.26. The second-order valence-corrected chi connectivity index (χ2v) is 9.65. The molecule has 0 fully saturated rings. The van der Waals surface area contributed by atoms with Crippen LogP contribution in [0.3, 0.4) is 0 Å². The SMILES string of the molecule is CC(C)(C)OC(=O)N(CC(=O)O)c1cccc(C(N)S(=O)(=O)c2ccsc2)n1. The van der Waals surface area contributed by atoms with Gasteiger partial charge in [0.2, 0.25) is 9.84 Å². The first kappa shape index (κ1) is 21.8. The van der Waals surface area contributed by atoms with Gasteiger partial charge in [-0.25, -0.2) is 18.2 Å². The van der Waals surface area contributed by atoms with E-state index in [2.05, 4.69) is 4.98 Å². The van der Waals surface area contributed by atoms with Crippen molar-refractivity contribution in [2.75, 3.05) is 11.4 Å². The Kier molecular flexibility index (Phi) is 6.42. The van der Waals surface area contributed by atoms with Gasteiger partial charge in [0, 0.05) is 5.38 Å². The van der Waals surface area contributed by atoms with E-state index in [1.54, 1.807) is 26.2 Å². The molecule has 0 aromatic carbocycles. The van der Waals surface area contributed by atoms with Crippen molar-refractivity contribution in [3.8, 4) is 0 Å². The van der Waals surface area contributed by atoms with Crippen molar-refractivity contribution in [1.29, 1.82) is 0 Å². The number of carbonyl (C=O) groups excluding carboxylic acids is 1. The summed E-state index contributed by atoms with van der Waals surface area (Å²) in [6.07, 6.45) is -0.922. The highest BCUT2D eigenvalue weighted by Crippen LogP contribution is 2.26. The maximum absolute atomic E-state index is 12.6. The van der Waals surface area contributed by atoms with Crippen molar-refractivity contribution in [2.45, 2.75) is 36.6 Å². The highest BCUT2D eigenvalue weighted by atomic mass is 32.2. The van der Waals surface area contributed by atoms with Crippen LogP contribution < -0.4 is 10.6 Å². The number of hydrogen-bond acceptors (Lipinski definition) is 8. The van der Waals surface area contributed by atoms with Crippen LogP contribution in [0.2, 0.25) is 0 Å². The van der Waals surface area contributed by atoms with Gasteiger partial charge in [-0.15, -0.1) is 0 Å². The molecule has 1 atom stereocenters. The van der Waals surface area contributed by atoms with Crippen LogP contribution in [0.15, 0.2) is 39.9 Å². The van der Waals surface area contributed by atoms with Crippen LogP contribution in [0.5, 0.6) is 0 Å². The molecule has 0 aliphatic rings. The molecule has 1 amide bonds. The van der Waals surface area contributed by atoms with Gasteiger partial charge in [-0.05, 0) is 44.4 Å². The highest BCUT2D eigenvalue weighted by molar-refractivity contribution is 7.91. The normalized spacial score (nSPS) is 13.0. The Hall–Kier alpha value is -2.50. The van der Waals surface area contributed by atoms with Crippen LogP contribution in [-0.4, -0.2) is 42.7 Å². The molecule has 2 aromatic heterocycles. The first-order valence-corrected chi connectivity index (χ1v) is 10.6. The first-order chi connectivity index (χ1) is 12.9. The molecule has 0 saturated heterocycles. The van der Waals surface area contributed by atoms with Crippen molar-refractivity contribution in [2.24, 2.45) is 5.73 Å². The van der Waals surface area contributed by atoms with E-state index < -0.39 is 39.4 Å². The molecule has 0 spiro atoms. The van der Waals surface area contributed by atoms with E-state index in [4.69, 9.17) is 15.6 Å². The van der Waals surface area contributed by atoms with Gasteiger partial charge in [-0.1, -0.05) is 6.07 Å². The summed E-state index contributed by atoms with van der Waals surface area (Å²) in [6.45, 7) is 4.20. The number of ether oxygens (including phenoxy) is 1. The Bertz CT molecular complexity index is 952. The van der Waals surface area contributed by atoms with Gasteiger partial charge in [-0.3, -0.25) is 9.69 Å². The largest absolute Gasteiger partial charge is 0.480 e. The summed E-state index contributed by atoms with van der Waals surface area (Å²) in [6, 6.07) is 5.65. The molecule has 28 heavy (non-hydrogen) atoms. The number of carboxylic acid groups (broad SMARTS) is 1. The lowest BCUT2D eigenvalue weighted by molar-refractivity contribution is -0.135. The van der Waals surface area contributed by atoms with E-state index >= 15 is 0 Å². The average molecular weight is 428 g/mol. The first-order valence-electron chi connectivity index (χ1n) is 8.13. The lowest BCUT2D eigenvalue weighted by atomic mass is 10.2. The number of nitrogens with zero attached hydrogens (tertiary/aromatic N) is 2. The molecular weight excluding hydrogens is 406 g/mol. The molecule has 2 rings (SSSR count). The number of carbonyl (C=O) groups is 2. The van der Waals surface area contributed by atoms with Crippen LogP contribution in [-0.2, 0) is 19.4 Å². The summed E-state index contributed by atoms with van der Waals surface area (Å²) in [7, 11) is -3.89. The Morgan fingerprint density at radius 1 is 1.32 bits per heavy atom. The number of hydrogen-bond donors (Lipinski definition) is 2. The second kappa shape index (κ2) is 8.25. The summed E-state index contributed by atoms with van der Waals surface area (Å²) in [4.78, 5) is 28.6. The third-order valence-electron chi connectivity index (χ3n) is 3.39. The number of aromatic nitrogens is 1. The number of pyridine rings is 1. The van der Waals surface area contributed by atoms with Gasteiger partial charge < -0.3 is 15.6 Å². The fourth-order valence-electron chi connectivity index (χ4n) is 2.16. The van der Waals surface area contributed by atoms with Gasteiger partial charge >= 0.3 is 12.1 Å². The van der Waals surface area contributed by atoms with Crippen molar-refractivity contribution in [1.82, 2.24) is 4.98 Å². The monoisotopic (exact) mass is 427 g/mol. The zero-order valence-electron chi connectivity index (χ0n) is 15.5. The summed E-state index contributed by atoms with van der Waals surface area (Å²) in [5, 5.41) is 10.7. The number of thiophene rings is 1. The van der Waals surface area contributed by atoms with Crippen molar-refractivity contribution in [3.05, 3.63) is 40.7 Å². The summed E-state index contributed by atoms with van der Waals surface area (Å²) in [5.41, 5.74) is 5.03. The number of anilines is 1. The molecule has 9 nitrogen and oxygen atoms in total.